The topological polar surface area (TPSA) is 93.7 Å². The summed E-state index contributed by atoms with van der Waals surface area (Å²) in [4.78, 5) is 34.5. The van der Waals surface area contributed by atoms with E-state index in [2.05, 4.69) is 10.6 Å². The molecule has 7 nitrogen and oxygen atoms in total. The molecule has 126 valence electrons. The van der Waals surface area contributed by atoms with Crippen LogP contribution in [0.2, 0.25) is 0 Å². The first-order valence-electron chi connectivity index (χ1n) is 7.37. The molecule has 0 aromatic heterocycles. The van der Waals surface area contributed by atoms with Gasteiger partial charge in [-0.05, 0) is 12.5 Å². The second-order valence-electron chi connectivity index (χ2n) is 4.78. The Kier molecular flexibility index (Phi) is 8.20. The molecule has 0 heterocycles. The third-order valence-corrected chi connectivity index (χ3v) is 2.91. The molecule has 0 bridgehead atoms. The number of hydrogen-bond donors (Lipinski definition) is 2. The van der Waals surface area contributed by atoms with Crippen molar-refractivity contribution in [3.05, 3.63) is 29.8 Å². The first kappa shape index (κ1) is 18.5. The van der Waals surface area contributed by atoms with Gasteiger partial charge in [0, 0.05) is 12.1 Å². The summed E-state index contributed by atoms with van der Waals surface area (Å²) in [7, 11) is 1.52. The Morgan fingerprint density at radius 1 is 1.09 bits per heavy atom. The number of esters is 1. The van der Waals surface area contributed by atoms with E-state index >= 15 is 0 Å². The van der Waals surface area contributed by atoms with Crippen LogP contribution >= 0.6 is 0 Å². The van der Waals surface area contributed by atoms with E-state index < -0.39 is 18.5 Å². The van der Waals surface area contributed by atoms with Gasteiger partial charge in [-0.25, -0.2) is 0 Å². The number of rotatable bonds is 9. The van der Waals surface area contributed by atoms with Crippen LogP contribution in [0.15, 0.2) is 24.3 Å². The molecule has 1 aromatic carbocycles. The van der Waals surface area contributed by atoms with Gasteiger partial charge in [0.1, 0.15) is 5.75 Å². The number of carbonyl (C=O) groups excluding carboxylic acids is 3. The van der Waals surface area contributed by atoms with Crippen LogP contribution < -0.4 is 15.4 Å². The van der Waals surface area contributed by atoms with Gasteiger partial charge in [-0.1, -0.05) is 25.1 Å². The highest BCUT2D eigenvalue weighted by molar-refractivity contribution is 5.86. The lowest BCUT2D eigenvalue weighted by Crippen LogP contribution is -2.39. The van der Waals surface area contributed by atoms with Crippen LogP contribution in [-0.4, -0.2) is 44.6 Å². The third kappa shape index (κ3) is 7.30. The molecule has 1 rings (SSSR count). The van der Waals surface area contributed by atoms with Gasteiger partial charge in [0.15, 0.2) is 6.61 Å². The lowest BCUT2D eigenvalue weighted by molar-refractivity contribution is -0.148. The van der Waals surface area contributed by atoms with Crippen molar-refractivity contribution in [1.29, 1.82) is 0 Å². The summed E-state index contributed by atoms with van der Waals surface area (Å²) in [6, 6.07) is 7.07. The minimum Gasteiger partial charge on any atom is -0.496 e. The summed E-state index contributed by atoms with van der Waals surface area (Å²) in [6.07, 6.45) is 0.828. The standard InChI is InChI=1S/C16H22N2O5/c1-3-8-17-14(19)10-18-15(20)11-23-16(21)9-12-6-4-5-7-13(12)22-2/h4-7H,3,8-11H2,1-2H3,(H,17,19)(H,18,20). The number of amides is 2. The second-order valence-corrected chi connectivity index (χ2v) is 4.78. The number of ether oxygens (including phenoxy) is 2. The molecule has 0 aliphatic carbocycles. The van der Waals surface area contributed by atoms with Crippen LogP contribution in [0, 0.1) is 0 Å². The quantitative estimate of drug-likeness (QED) is 0.643. The molecule has 2 amide bonds. The molecular formula is C16H22N2O5. The van der Waals surface area contributed by atoms with Crippen molar-refractivity contribution < 1.29 is 23.9 Å². The molecular weight excluding hydrogens is 300 g/mol. The van der Waals surface area contributed by atoms with E-state index in [-0.39, 0.29) is 18.9 Å². The molecule has 1 aromatic rings. The Balaban J connectivity index is 2.30. The molecule has 23 heavy (non-hydrogen) atoms. The highest BCUT2D eigenvalue weighted by atomic mass is 16.5. The van der Waals surface area contributed by atoms with Gasteiger partial charge in [-0.2, -0.15) is 0 Å². The molecule has 0 saturated heterocycles. The molecule has 0 spiro atoms. The maximum Gasteiger partial charge on any atom is 0.310 e. The lowest BCUT2D eigenvalue weighted by Gasteiger charge is -2.09. The molecule has 0 saturated carbocycles. The van der Waals surface area contributed by atoms with Gasteiger partial charge in [0.2, 0.25) is 5.91 Å². The summed E-state index contributed by atoms with van der Waals surface area (Å²) in [5, 5.41) is 5.00. The molecule has 0 aliphatic heterocycles. The van der Waals surface area contributed by atoms with Crippen LogP contribution in [0.5, 0.6) is 5.75 Å². The predicted molar refractivity (Wildman–Crippen MR) is 84.0 cm³/mol. The largest absolute Gasteiger partial charge is 0.496 e. The van der Waals surface area contributed by atoms with Gasteiger partial charge < -0.3 is 20.1 Å². The molecule has 2 N–H and O–H groups in total. The van der Waals surface area contributed by atoms with E-state index in [0.717, 1.165) is 6.42 Å². The smallest absolute Gasteiger partial charge is 0.310 e. The predicted octanol–water partition coefficient (Wildman–Crippen LogP) is 0.423. The van der Waals surface area contributed by atoms with E-state index in [9.17, 15) is 14.4 Å². The summed E-state index contributed by atoms with van der Waals surface area (Å²) in [5.74, 6) is -0.757. The maximum absolute atomic E-state index is 11.7. The number of methoxy groups -OCH3 is 1. The van der Waals surface area contributed by atoms with Gasteiger partial charge >= 0.3 is 5.97 Å². The first-order valence-corrected chi connectivity index (χ1v) is 7.37. The highest BCUT2D eigenvalue weighted by Crippen LogP contribution is 2.17. The normalized spacial score (nSPS) is 9.83. The molecule has 0 aliphatic rings. The number of carbonyl (C=O) groups is 3. The molecule has 0 atom stereocenters. The van der Waals surface area contributed by atoms with Crippen molar-refractivity contribution in [1.82, 2.24) is 10.6 Å². The fraction of sp³-hybridized carbons (Fsp3) is 0.438. The summed E-state index contributed by atoms with van der Waals surface area (Å²) in [6.45, 7) is 1.93. The van der Waals surface area contributed by atoms with Crippen molar-refractivity contribution >= 4 is 17.8 Å². The fourth-order valence-electron chi connectivity index (χ4n) is 1.76. The molecule has 0 radical (unpaired) electrons. The van der Waals surface area contributed by atoms with Crippen molar-refractivity contribution in [2.45, 2.75) is 19.8 Å². The number of hydrogen-bond acceptors (Lipinski definition) is 5. The maximum atomic E-state index is 11.7. The zero-order valence-electron chi connectivity index (χ0n) is 13.4. The average Bonchev–Trinajstić information content (AvgIpc) is 2.56. The number of benzene rings is 1. The minimum atomic E-state index is -0.542. The van der Waals surface area contributed by atoms with Gasteiger partial charge in [-0.15, -0.1) is 0 Å². The average molecular weight is 322 g/mol. The molecule has 0 fully saturated rings. The van der Waals surface area contributed by atoms with Crippen molar-refractivity contribution in [3.8, 4) is 5.75 Å². The summed E-state index contributed by atoms with van der Waals surface area (Å²) >= 11 is 0. The highest BCUT2D eigenvalue weighted by Gasteiger charge is 2.12. The summed E-state index contributed by atoms with van der Waals surface area (Å²) < 4.78 is 10.0. The van der Waals surface area contributed by atoms with Crippen molar-refractivity contribution in [2.24, 2.45) is 0 Å². The van der Waals surface area contributed by atoms with Crippen LogP contribution in [0.4, 0.5) is 0 Å². The lowest BCUT2D eigenvalue weighted by atomic mass is 10.1. The molecule has 0 unspecified atom stereocenters. The van der Waals surface area contributed by atoms with Gasteiger partial charge in [-0.3, -0.25) is 14.4 Å². The van der Waals surface area contributed by atoms with Crippen molar-refractivity contribution in [3.63, 3.8) is 0 Å². The zero-order valence-corrected chi connectivity index (χ0v) is 13.4. The fourth-order valence-corrected chi connectivity index (χ4v) is 1.76. The first-order chi connectivity index (χ1) is 11.1. The van der Waals surface area contributed by atoms with Gasteiger partial charge in [0.25, 0.3) is 5.91 Å². The Morgan fingerprint density at radius 3 is 2.52 bits per heavy atom. The zero-order chi connectivity index (χ0) is 17.1. The number of nitrogens with one attached hydrogen (secondary N) is 2. The van der Waals surface area contributed by atoms with Gasteiger partial charge in [0.05, 0.1) is 20.1 Å². The SMILES string of the molecule is CCCNC(=O)CNC(=O)COC(=O)Cc1ccccc1OC. The van der Waals surface area contributed by atoms with E-state index in [1.165, 1.54) is 7.11 Å². The van der Waals surface area contributed by atoms with E-state index in [4.69, 9.17) is 9.47 Å². The van der Waals surface area contributed by atoms with Crippen molar-refractivity contribution in [2.75, 3.05) is 26.8 Å². The third-order valence-electron chi connectivity index (χ3n) is 2.91. The minimum absolute atomic E-state index is 0.00821. The van der Waals surface area contributed by atoms with E-state index in [1.807, 2.05) is 6.92 Å². The Bertz CT molecular complexity index is 545. The Morgan fingerprint density at radius 2 is 1.83 bits per heavy atom. The molecule has 7 heteroatoms. The summed E-state index contributed by atoms with van der Waals surface area (Å²) in [5.41, 5.74) is 0.680. The van der Waals surface area contributed by atoms with Crippen LogP contribution in [-0.2, 0) is 25.5 Å². The van der Waals surface area contributed by atoms with E-state index in [0.29, 0.717) is 17.9 Å². The van der Waals surface area contributed by atoms with Crippen LogP contribution in [0.1, 0.15) is 18.9 Å². The van der Waals surface area contributed by atoms with E-state index in [1.54, 1.807) is 24.3 Å². The Hall–Kier alpha value is -2.57. The van der Waals surface area contributed by atoms with Crippen LogP contribution in [0.25, 0.3) is 0 Å². The second kappa shape index (κ2) is 10.2. The monoisotopic (exact) mass is 322 g/mol. The van der Waals surface area contributed by atoms with Crippen LogP contribution in [0.3, 0.4) is 0 Å². The Labute approximate surface area is 135 Å². The number of para-hydroxylation sites is 1.